The average Bonchev–Trinajstić information content (AvgIpc) is 3.08. The number of hydrogen-bond donors (Lipinski definition) is 2. The summed E-state index contributed by atoms with van der Waals surface area (Å²) in [4.78, 5) is 4.08. The summed E-state index contributed by atoms with van der Waals surface area (Å²) in [5.41, 5.74) is 1.53. The largest absolute Gasteiger partial charge is 0.395 e. The van der Waals surface area contributed by atoms with Crippen molar-refractivity contribution in [3.05, 3.63) is 21.9 Å². The zero-order valence-electron chi connectivity index (χ0n) is 11.5. The molecule has 3 rings (SSSR count). The van der Waals surface area contributed by atoms with Crippen LogP contribution in [0.3, 0.4) is 0 Å². The van der Waals surface area contributed by atoms with Gasteiger partial charge in [0.2, 0.25) is 0 Å². The Labute approximate surface area is 119 Å². The third kappa shape index (κ3) is 3.02. The molecule has 3 nitrogen and oxygen atoms in total. The van der Waals surface area contributed by atoms with Gasteiger partial charge in [0.15, 0.2) is 0 Å². The van der Waals surface area contributed by atoms with Gasteiger partial charge in [0.25, 0.3) is 0 Å². The zero-order valence-corrected chi connectivity index (χ0v) is 12.3. The molecule has 0 saturated carbocycles. The molecule has 2 N–H and O–H groups in total. The highest BCUT2D eigenvalue weighted by molar-refractivity contribution is 7.10. The Morgan fingerprint density at radius 2 is 2.32 bits per heavy atom. The molecule has 2 unspecified atom stereocenters. The van der Waals surface area contributed by atoms with Crippen LogP contribution in [0.25, 0.3) is 0 Å². The van der Waals surface area contributed by atoms with E-state index >= 15 is 0 Å². The normalized spacial score (nSPS) is 26.8. The van der Waals surface area contributed by atoms with Crippen molar-refractivity contribution in [2.24, 2.45) is 0 Å². The molecule has 0 spiro atoms. The van der Waals surface area contributed by atoms with Crippen LogP contribution in [0.5, 0.6) is 0 Å². The summed E-state index contributed by atoms with van der Waals surface area (Å²) in [7, 11) is 0. The van der Waals surface area contributed by atoms with E-state index < -0.39 is 0 Å². The van der Waals surface area contributed by atoms with E-state index in [1.54, 1.807) is 4.88 Å². The summed E-state index contributed by atoms with van der Waals surface area (Å²) in [5, 5.41) is 15.2. The molecule has 0 amide bonds. The molecule has 4 heteroatoms. The van der Waals surface area contributed by atoms with Gasteiger partial charge in [-0.3, -0.25) is 4.90 Å². The highest BCUT2D eigenvalue weighted by atomic mass is 32.1. The van der Waals surface area contributed by atoms with Crippen molar-refractivity contribution in [2.75, 3.05) is 26.2 Å². The van der Waals surface area contributed by atoms with Crippen LogP contribution in [0.4, 0.5) is 0 Å². The van der Waals surface area contributed by atoms with E-state index in [0.717, 1.165) is 19.6 Å². The molecule has 1 aromatic heterocycles. The molecule has 1 saturated heterocycles. The molecule has 0 bridgehead atoms. The van der Waals surface area contributed by atoms with Gasteiger partial charge in [0, 0.05) is 30.1 Å². The van der Waals surface area contributed by atoms with Crippen LogP contribution in [-0.4, -0.2) is 42.3 Å². The highest BCUT2D eigenvalue weighted by Gasteiger charge is 2.28. The molecule has 1 fully saturated rings. The average molecular weight is 280 g/mol. The van der Waals surface area contributed by atoms with E-state index in [1.165, 1.54) is 37.7 Å². The summed E-state index contributed by atoms with van der Waals surface area (Å²) in [6, 6.07) is 3.45. The van der Waals surface area contributed by atoms with Crippen LogP contribution < -0.4 is 5.32 Å². The first-order valence-corrected chi connectivity index (χ1v) is 8.41. The predicted molar refractivity (Wildman–Crippen MR) is 79.7 cm³/mol. The van der Waals surface area contributed by atoms with Gasteiger partial charge in [-0.2, -0.15) is 0 Å². The number of nitrogens with zero attached hydrogens (tertiary/aromatic N) is 1. The van der Waals surface area contributed by atoms with Crippen molar-refractivity contribution in [2.45, 2.75) is 44.2 Å². The zero-order chi connectivity index (χ0) is 13.1. The highest BCUT2D eigenvalue weighted by Crippen LogP contribution is 2.37. The lowest BCUT2D eigenvalue weighted by Gasteiger charge is -2.35. The number of fused-ring (bicyclic) bond motifs is 1. The number of hydrogen-bond acceptors (Lipinski definition) is 4. The summed E-state index contributed by atoms with van der Waals surface area (Å²) in [6.07, 6.45) is 6.37. The standard InChI is InChI=1S/C15H24N2OS/c18-9-8-17(11-12-3-2-7-16-12)14-4-1-5-15-13(14)6-10-19-15/h6,10,12,14,16,18H,1-5,7-9,11H2. The van der Waals surface area contributed by atoms with Gasteiger partial charge < -0.3 is 10.4 Å². The molecule has 1 aromatic rings. The maximum Gasteiger partial charge on any atom is 0.0558 e. The first-order valence-electron chi connectivity index (χ1n) is 7.53. The van der Waals surface area contributed by atoms with Gasteiger partial charge in [0.05, 0.1) is 6.61 Å². The Balaban J connectivity index is 1.73. The fraction of sp³-hybridized carbons (Fsp3) is 0.733. The molecule has 1 aliphatic carbocycles. The third-order valence-corrected chi connectivity index (χ3v) is 5.46. The maximum atomic E-state index is 9.38. The lowest BCUT2D eigenvalue weighted by Crippen LogP contribution is -2.41. The molecule has 0 radical (unpaired) electrons. The minimum absolute atomic E-state index is 0.267. The Morgan fingerprint density at radius 1 is 1.37 bits per heavy atom. The third-order valence-electron chi connectivity index (χ3n) is 4.47. The van der Waals surface area contributed by atoms with Gasteiger partial charge in [0.1, 0.15) is 0 Å². The van der Waals surface area contributed by atoms with Crippen molar-refractivity contribution >= 4 is 11.3 Å². The number of aliphatic hydroxyl groups is 1. The lowest BCUT2D eigenvalue weighted by molar-refractivity contribution is 0.129. The molecule has 1 aliphatic heterocycles. The second-order valence-electron chi connectivity index (χ2n) is 5.72. The first-order chi connectivity index (χ1) is 9.38. The number of aliphatic hydroxyl groups excluding tert-OH is 1. The van der Waals surface area contributed by atoms with Crippen LogP contribution >= 0.6 is 11.3 Å². The van der Waals surface area contributed by atoms with E-state index in [4.69, 9.17) is 0 Å². The van der Waals surface area contributed by atoms with Crippen molar-refractivity contribution in [3.8, 4) is 0 Å². The number of aryl methyl sites for hydroxylation is 1. The molecule has 2 atom stereocenters. The Bertz CT molecular complexity index is 401. The van der Waals surface area contributed by atoms with Crippen LogP contribution in [0.1, 0.15) is 42.2 Å². The van der Waals surface area contributed by atoms with E-state index in [-0.39, 0.29) is 6.61 Å². The number of nitrogens with one attached hydrogen (secondary N) is 1. The van der Waals surface area contributed by atoms with Crippen molar-refractivity contribution in [1.82, 2.24) is 10.2 Å². The van der Waals surface area contributed by atoms with Gasteiger partial charge in [-0.15, -0.1) is 11.3 Å². The number of thiophene rings is 1. The first kappa shape index (κ1) is 13.6. The predicted octanol–water partition coefficient (Wildman–Crippen LogP) is 2.17. The second-order valence-corrected chi connectivity index (χ2v) is 6.72. The minimum Gasteiger partial charge on any atom is -0.395 e. The van der Waals surface area contributed by atoms with E-state index in [0.29, 0.717) is 12.1 Å². The smallest absolute Gasteiger partial charge is 0.0558 e. The maximum absolute atomic E-state index is 9.38. The quantitative estimate of drug-likeness (QED) is 0.868. The van der Waals surface area contributed by atoms with Crippen molar-refractivity contribution in [3.63, 3.8) is 0 Å². The Hall–Kier alpha value is -0.420. The van der Waals surface area contributed by atoms with Crippen LogP contribution in [0, 0.1) is 0 Å². The molecular weight excluding hydrogens is 256 g/mol. The van der Waals surface area contributed by atoms with Crippen molar-refractivity contribution < 1.29 is 5.11 Å². The van der Waals surface area contributed by atoms with E-state index in [1.807, 2.05) is 11.3 Å². The monoisotopic (exact) mass is 280 g/mol. The fourth-order valence-corrected chi connectivity index (χ4v) is 4.52. The van der Waals surface area contributed by atoms with Crippen LogP contribution in [0.2, 0.25) is 0 Å². The minimum atomic E-state index is 0.267. The number of rotatable bonds is 5. The molecular formula is C15H24N2OS. The summed E-state index contributed by atoms with van der Waals surface area (Å²) < 4.78 is 0. The van der Waals surface area contributed by atoms with Gasteiger partial charge in [-0.05, 0) is 55.7 Å². The van der Waals surface area contributed by atoms with Gasteiger partial charge in [-0.25, -0.2) is 0 Å². The van der Waals surface area contributed by atoms with Crippen LogP contribution in [0.15, 0.2) is 11.4 Å². The topological polar surface area (TPSA) is 35.5 Å². The van der Waals surface area contributed by atoms with Gasteiger partial charge >= 0.3 is 0 Å². The summed E-state index contributed by atoms with van der Waals surface area (Å²) in [5.74, 6) is 0. The van der Waals surface area contributed by atoms with Crippen LogP contribution in [-0.2, 0) is 6.42 Å². The molecule has 19 heavy (non-hydrogen) atoms. The lowest BCUT2D eigenvalue weighted by atomic mass is 9.92. The summed E-state index contributed by atoms with van der Waals surface area (Å²) >= 11 is 1.90. The summed E-state index contributed by atoms with van der Waals surface area (Å²) in [6.45, 7) is 3.31. The molecule has 106 valence electrons. The van der Waals surface area contributed by atoms with E-state index in [2.05, 4.69) is 21.7 Å². The molecule has 0 aromatic carbocycles. The molecule has 2 aliphatic rings. The SMILES string of the molecule is OCCN(CC1CCCN1)C1CCCc2sccc21. The van der Waals surface area contributed by atoms with E-state index in [9.17, 15) is 5.11 Å². The Morgan fingerprint density at radius 3 is 3.11 bits per heavy atom. The van der Waals surface area contributed by atoms with Gasteiger partial charge in [-0.1, -0.05) is 0 Å². The van der Waals surface area contributed by atoms with Crippen molar-refractivity contribution in [1.29, 1.82) is 0 Å². The molecule has 2 heterocycles. The Kier molecular flexibility index (Phi) is 4.53. The fourth-order valence-electron chi connectivity index (χ4n) is 3.54. The second kappa shape index (κ2) is 6.35.